The van der Waals surface area contributed by atoms with E-state index in [0.29, 0.717) is 6.61 Å². The van der Waals surface area contributed by atoms with Crippen LogP contribution in [0.1, 0.15) is 25.7 Å². The highest BCUT2D eigenvalue weighted by atomic mass is 79.9. The highest BCUT2D eigenvalue weighted by Crippen LogP contribution is 2.40. The van der Waals surface area contributed by atoms with Gasteiger partial charge in [0, 0.05) is 11.4 Å². The molecule has 3 saturated heterocycles. The number of carbonyl (C=O) groups excluding carboxylic acids is 1. The molecule has 0 bridgehead atoms. The van der Waals surface area contributed by atoms with Gasteiger partial charge < -0.3 is 4.74 Å². The minimum Gasteiger partial charge on any atom is -0.465 e. The molecule has 16 heavy (non-hydrogen) atoms. The Kier molecular flexibility index (Phi) is 2.94. The maximum Gasteiger partial charge on any atom is 0.313 e. The summed E-state index contributed by atoms with van der Waals surface area (Å²) >= 11 is 3.62. The van der Waals surface area contributed by atoms with E-state index in [-0.39, 0.29) is 28.9 Å². The average molecular weight is 290 g/mol. The molecular weight excluding hydrogens is 274 g/mol. The lowest BCUT2D eigenvalue weighted by atomic mass is 9.88. The van der Waals surface area contributed by atoms with E-state index in [9.17, 15) is 4.79 Å². The molecule has 0 aromatic carbocycles. The number of alkyl halides is 1. The van der Waals surface area contributed by atoms with Crippen LogP contribution < -0.4 is 0 Å². The number of ether oxygens (including phenoxy) is 1. The lowest BCUT2D eigenvalue weighted by Gasteiger charge is -2.28. The molecule has 3 aliphatic rings. The predicted octanol–water partition coefficient (Wildman–Crippen LogP) is 1.48. The molecule has 0 unspecified atom stereocenters. The number of esters is 1. The van der Waals surface area contributed by atoms with E-state index in [1.807, 2.05) is 5.06 Å². The van der Waals surface area contributed by atoms with Gasteiger partial charge in [-0.05, 0) is 19.3 Å². The fraction of sp³-hybridized carbons (Fsp3) is 0.909. The van der Waals surface area contributed by atoms with Gasteiger partial charge in [-0.3, -0.25) is 9.63 Å². The normalized spacial score (nSPS) is 44.4. The number of rotatable bonds is 0. The smallest absolute Gasteiger partial charge is 0.313 e. The largest absolute Gasteiger partial charge is 0.465 e. The van der Waals surface area contributed by atoms with Crippen molar-refractivity contribution in [1.82, 2.24) is 5.06 Å². The van der Waals surface area contributed by atoms with E-state index in [4.69, 9.17) is 9.57 Å². The van der Waals surface area contributed by atoms with Crippen LogP contribution in [0, 0.1) is 5.92 Å². The first-order valence-electron chi connectivity index (χ1n) is 6.01. The third kappa shape index (κ3) is 1.69. The van der Waals surface area contributed by atoms with Gasteiger partial charge in [0.2, 0.25) is 0 Å². The number of fused-ring (bicyclic) bond motifs is 3. The molecule has 0 amide bonds. The van der Waals surface area contributed by atoms with Crippen molar-refractivity contribution >= 4 is 21.9 Å². The molecule has 0 spiro atoms. The minimum absolute atomic E-state index is 0.0295. The lowest BCUT2D eigenvalue weighted by Crippen LogP contribution is -2.40. The van der Waals surface area contributed by atoms with Gasteiger partial charge in [-0.15, -0.1) is 0 Å². The molecule has 0 N–H and O–H groups in total. The third-order valence-corrected chi connectivity index (χ3v) is 4.77. The summed E-state index contributed by atoms with van der Waals surface area (Å²) in [6.45, 7) is 1.46. The van der Waals surface area contributed by atoms with Gasteiger partial charge in [-0.1, -0.05) is 22.4 Å². The van der Waals surface area contributed by atoms with Gasteiger partial charge in [0.25, 0.3) is 0 Å². The molecule has 3 fully saturated rings. The van der Waals surface area contributed by atoms with Crippen molar-refractivity contribution in [2.45, 2.75) is 42.7 Å². The summed E-state index contributed by atoms with van der Waals surface area (Å²) in [5.41, 5.74) is 0. The maximum atomic E-state index is 11.9. The molecule has 0 radical (unpaired) electrons. The molecule has 0 aromatic heterocycles. The van der Waals surface area contributed by atoms with Gasteiger partial charge >= 0.3 is 5.97 Å². The Balaban J connectivity index is 1.87. The summed E-state index contributed by atoms with van der Waals surface area (Å²) in [6.07, 6.45) is 4.22. The Morgan fingerprint density at radius 3 is 3.06 bits per heavy atom. The number of carbonyl (C=O) groups is 1. The van der Waals surface area contributed by atoms with Gasteiger partial charge in [0.15, 0.2) is 0 Å². The second kappa shape index (κ2) is 4.27. The summed E-state index contributed by atoms with van der Waals surface area (Å²) in [4.78, 5) is 18.1. The van der Waals surface area contributed by atoms with Crippen LogP contribution in [-0.2, 0) is 14.4 Å². The zero-order chi connectivity index (χ0) is 11.1. The molecule has 90 valence electrons. The first kappa shape index (κ1) is 11.0. The quantitative estimate of drug-likeness (QED) is 0.500. The summed E-state index contributed by atoms with van der Waals surface area (Å²) in [5, 5.41) is 2.01. The van der Waals surface area contributed by atoms with Crippen LogP contribution in [0.15, 0.2) is 0 Å². The summed E-state index contributed by atoms with van der Waals surface area (Å²) in [5.74, 6) is -0.159. The second-order valence-corrected chi connectivity index (χ2v) is 5.95. The molecule has 4 nitrogen and oxygen atoms in total. The molecule has 5 heteroatoms. The monoisotopic (exact) mass is 289 g/mol. The summed E-state index contributed by atoms with van der Waals surface area (Å²) in [7, 11) is 0. The Bertz CT molecular complexity index is 299. The first-order chi connectivity index (χ1) is 7.77. The zero-order valence-electron chi connectivity index (χ0n) is 9.10. The fourth-order valence-corrected chi connectivity index (χ4v) is 3.59. The highest BCUT2D eigenvalue weighted by molar-refractivity contribution is 9.09. The van der Waals surface area contributed by atoms with Crippen LogP contribution in [0.25, 0.3) is 0 Å². The van der Waals surface area contributed by atoms with Crippen molar-refractivity contribution in [2.75, 3.05) is 13.2 Å². The molecular formula is C11H16BrNO3. The Morgan fingerprint density at radius 2 is 2.19 bits per heavy atom. The number of hydroxylamine groups is 2. The average Bonchev–Trinajstić information content (AvgIpc) is 2.61. The number of hydrogen-bond donors (Lipinski definition) is 0. The molecule has 0 saturated carbocycles. The minimum atomic E-state index is -0.0906. The van der Waals surface area contributed by atoms with Crippen molar-refractivity contribution in [3.05, 3.63) is 0 Å². The summed E-state index contributed by atoms with van der Waals surface area (Å²) < 4.78 is 5.26. The Hall–Kier alpha value is -0.130. The molecule has 0 aliphatic carbocycles. The van der Waals surface area contributed by atoms with E-state index in [0.717, 1.165) is 25.8 Å². The second-order valence-electron chi connectivity index (χ2n) is 4.77. The SMILES string of the molecule is O=C1OCC[C@@H](Br)[C@@H]2ON3CCCC[C@H]3[C@H]12. The predicted molar refractivity (Wildman–Crippen MR) is 61.0 cm³/mol. The van der Waals surface area contributed by atoms with Crippen LogP contribution in [0.3, 0.4) is 0 Å². The number of halogens is 1. The van der Waals surface area contributed by atoms with Gasteiger partial charge in [0.1, 0.15) is 12.0 Å². The molecule has 3 rings (SSSR count). The van der Waals surface area contributed by atoms with Crippen LogP contribution >= 0.6 is 15.9 Å². The van der Waals surface area contributed by atoms with Crippen molar-refractivity contribution in [3.63, 3.8) is 0 Å². The van der Waals surface area contributed by atoms with E-state index < -0.39 is 0 Å². The highest BCUT2D eigenvalue weighted by Gasteiger charge is 2.52. The standard InChI is InChI=1S/C11H16BrNO3/c12-7-4-6-15-11(14)9-8-3-1-2-5-13(8)16-10(7)9/h7-10H,1-6H2/t7-,8+,9+,10+/m1/s1. The van der Waals surface area contributed by atoms with Crippen molar-refractivity contribution in [3.8, 4) is 0 Å². The summed E-state index contributed by atoms with van der Waals surface area (Å²) in [6, 6.07) is 0.240. The molecule has 3 aliphatic heterocycles. The van der Waals surface area contributed by atoms with Crippen LogP contribution in [-0.4, -0.2) is 41.2 Å². The van der Waals surface area contributed by atoms with Gasteiger partial charge in [0.05, 0.1) is 12.6 Å². The number of hydrogen-bond acceptors (Lipinski definition) is 4. The number of nitrogens with zero attached hydrogens (tertiary/aromatic N) is 1. The fourth-order valence-electron chi connectivity index (χ4n) is 2.98. The molecule has 0 aromatic rings. The van der Waals surface area contributed by atoms with Crippen molar-refractivity contribution in [2.24, 2.45) is 5.92 Å². The Morgan fingerprint density at radius 1 is 1.31 bits per heavy atom. The number of piperidine rings is 1. The van der Waals surface area contributed by atoms with Crippen LogP contribution in [0.2, 0.25) is 0 Å². The third-order valence-electron chi connectivity index (χ3n) is 3.79. The zero-order valence-corrected chi connectivity index (χ0v) is 10.7. The topological polar surface area (TPSA) is 38.8 Å². The van der Waals surface area contributed by atoms with E-state index in [1.165, 1.54) is 6.42 Å². The van der Waals surface area contributed by atoms with Crippen LogP contribution in [0.5, 0.6) is 0 Å². The maximum absolute atomic E-state index is 11.9. The van der Waals surface area contributed by atoms with E-state index in [1.54, 1.807) is 0 Å². The molecule has 4 atom stereocenters. The molecule has 3 heterocycles. The van der Waals surface area contributed by atoms with E-state index in [2.05, 4.69) is 15.9 Å². The van der Waals surface area contributed by atoms with E-state index >= 15 is 0 Å². The van der Waals surface area contributed by atoms with Gasteiger partial charge in [-0.2, -0.15) is 5.06 Å². The van der Waals surface area contributed by atoms with Crippen molar-refractivity contribution in [1.29, 1.82) is 0 Å². The Labute approximate surface area is 103 Å². The lowest BCUT2D eigenvalue weighted by molar-refractivity contribution is -0.170. The first-order valence-corrected chi connectivity index (χ1v) is 6.93. The van der Waals surface area contributed by atoms with Crippen LogP contribution in [0.4, 0.5) is 0 Å². The number of cyclic esters (lactones) is 1. The van der Waals surface area contributed by atoms with Gasteiger partial charge in [-0.25, -0.2) is 0 Å². The van der Waals surface area contributed by atoms with Crippen molar-refractivity contribution < 1.29 is 14.4 Å².